The van der Waals surface area contributed by atoms with Crippen LogP contribution in [0.4, 0.5) is 0 Å². The summed E-state index contributed by atoms with van der Waals surface area (Å²) in [6.45, 7) is 13.0. The Hall–Kier alpha value is -0.760. The summed E-state index contributed by atoms with van der Waals surface area (Å²) >= 11 is 0. The second-order valence-electron chi connectivity index (χ2n) is 4.18. The third-order valence-corrected chi connectivity index (χ3v) is 2.47. The highest BCUT2D eigenvalue weighted by Gasteiger charge is 2.08. The molecule has 0 fully saturated rings. The largest absolute Gasteiger partial charge is 0.382 e. The maximum absolute atomic E-state index is 5.48. The van der Waals surface area contributed by atoms with Gasteiger partial charge in [0.2, 0.25) is 0 Å². The maximum Gasteiger partial charge on any atom is 0.0465 e. The van der Waals surface area contributed by atoms with Gasteiger partial charge in [-0.15, -0.1) is 0 Å². The highest BCUT2D eigenvalue weighted by Crippen LogP contribution is 2.11. The van der Waals surface area contributed by atoms with Crippen molar-refractivity contribution in [3.63, 3.8) is 0 Å². The molecule has 2 nitrogen and oxygen atoms in total. The summed E-state index contributed by atoms with van der Waals surface area (Å²) in [5, 5.41) is 3.44. The van der Waals surface area contributed by atoms with E-state index in [0.717, 1.165) is 44.3 Å². The fourth-order valence-electron chi connectivity index (χ4n) is 1.55. The van der Waals surface area contributed by atoms with Crippen molar-refractivity contribution in [3.8, 4) is 0 Å². The van der Waals surface area contributed by atoms with E-state index in [0.29, 0.717) is 6.04 Å². The van der Waals surface area contributed by atoms with Crippen LogP contribution in [0.3, 0.4) is 0 Å². The lowest BCUT2D eigenvalue weighted by Crippen LogP contribution is -2.29. The predicted octanol–water partition coefficient (Wildman–Crippen LogP) is 2.96. The maximum atomic E-state index is 5.48. The van der Waals surface area contributed by atoms with E-state index >= 15 is 0 Å². The minimum Gasteiger partial charge on any atom is -0.382 e. The molecule has 15 heavy (non-hydrogen) atoms. The van der Waals surface area contributed by atoms with Gasteiger partial charge in [-0.2, -0.15) is 0 Å². The lowest BCUT2D eigenvalue weighted by atomic mass is 10.0. The van der Waals surface area contributed by atoms with E-state index in [4.69, 9.17) is 5.73 Å². The van der Waals surface area contributed by atoms with Crippen LogP contribution in [0.1, 0.15) is 46.0 Å². The third-order valence-electron chi connectivity index (χ3n) is 2.47. The van der Waals surface area contributed by atoms with E-state index < -0.39 is 0 Å². The molecule has 0 unspecified atom stereocenters. The number of rotatable bonds is 9. The Morgan fingerprint density at radius 3 is 2.47 bits per heavy atom. The molecule has 0 spiro atoms. The minimum absolute atomic E-state index is 0.371. The topological polar surface area (TPSA) is 38.0 Å². The van der Waals surface area contributed by atoms with Crippen molar-refractivity contribution in [2.24, 2.45) is 5.73 Å². The van der Waals surface area contributed by atoms with Crippen LogP contribution in [0.15, 0.2) is 24.4 Å². The molecular weight excluding hydrogens is 184 g/mol. The third kappa shape index (κ3) is 7.20. The Morgan fingerprint density at radius 1 is 1.33 bits per heavy atom. The second-order valence-corrected chi connectivity index (χ2v) is 4.18. The highest BCUT2D eigenvalue weighted by atomic mass is 14.9. The van der Waals surface area contributed by atoms with Gasteiger partial charge in [-0.25, -0.2) is 0 Å². The molecule has 0 aliphatic rings. The molecule has 0 amide bonds. The first kappa shape index (κ1) is 14.2. The predicted molar refractivity (Wildman–Crippen MR) is 68.7 cm³/mol. The Morgan fingerprint density at radius 2 is 2.00 bits per heavy atom. The fraction of sp³-hybridized carbons (Fsp3) is 0.692. The first-order valence-corrected chi connectivity index (χ1v) is 5.91. The molecule has 1 atom stereocenters. The molecule has 2 heteroatoms. The van der Waals surface area contributed by atoms with Crippen LogP contribution < -0.4 is 11.1 Å². The zero-order valence-electron chi connectivity index (χ0n) is 10.3. The van der Waals surface area contributed by atoms with Crippen LogP contribution in [-0.2, 0) is 0 Å². The summed E-state index contributed by atoms with van der Waals surface area (Å²) in [7, 11) is 0. The molecule has 0 aromatic rings. The lowest BCUT2D eigenvalue weighted by molar-refractivity contribution is 0.542. The molecule has 0 saturated heterocycles. The average molecular weight is 210 g/mol. The molecule has 0 aromatic heterocycles. The highest BCUT2D eigenvalue weighted by molar-refractivity contribution is 5.07. The molecule has 0 aliphatic carbocycles. The fourth-order valence-corrected chi connectivity index (χ4v) is 1.55. The summed E-state index contributed by atoms with van der Waals surface area (Å²) in [6.07, 6.45) is 5.53. The quantitative estimate of drug-likeness (QED) is 0.453. The van der Waals surface area contributed by atoms with Gasteiger partial charge >= 0.3 is 0 Å². The van der Waals surface area contributed by atoms with E-state index in [1.807, 2.05) is 0 Å². The number of hydrogen-bond acceptors (Lipinski definition) is 2. The van der Waals surface area contributed by atoms with Crippen molar-refractivity contribution in [1.82, 2.24) is 5.32 Å². The van der Waals surface area contributed by atoms with Crippen LogP contribution in [0.5, 0.6) is 0 Å². The van der Waals surface area contributed by atoms with Crippen LogP contribution in [0, 0.1) is 0 Å². The SMILES string of the molecule is C=C(CCC)N[C@@H](CCCCN)C(=C)C. The Kier molecular flexibility index (Phi) is 8.11. The van der Waals surface area contributed by atoms with Gasteiger partial charge in [-0.05, 0) is 39.2 Å². The summed E-state index contributed by atoms with van der Waals surface area (Å²) in [5.74, 6) is 0. The second kappa shape index (κ2) is 8.54. The summed E-state index contributed by atoms with van der Waals surface area (Å²) in [4.78, 5) is 0. The molecule has 88 valence electrons. The minimum atomic E-state index is 0.371. The number of nitrogens with one attached hydrogen (secondary N) is 1. The van der Waals surface area contributed by atoms with Crippen LogP contribution >= 0.6 is 0 Å². The number of allylic oxidation sites excluding steroid dienone is 1. The molecule has 0 saturated carbocycles. The van der Waals surface area contributed by atoms with Crippen molar-refractivity contribution in [1.29, 1.82) is 0 Å². The van der Waals surface area contributed by atoms with Crippen LogP contribution in [-0.4, -0.2) is 12.6 Å². The van der Waals surface area contributed by atoms with Gasteiger partial charge < -0.3 is 11.1 Å². The molecule has 0 heterocycles. The summed E-state index contributed by atoms with van der Waals surface area (Å²) in [5.41, 5.74) is 7.79. The van der Waals surface area contributed by atoms with Crippen LogP contribution in [0.2, 0.25) is 0 Å². The van der Waals surface area contributed by atoms with Gasteiger partial charge in [0, 0.05) is 11.7 Å². The van der Waals surface area contributed by atoms with E-state index in [-0.39, 0.29) is 0 Å². The van der Waals surface area contributed by atoms with Crippen LogP contribution in [0.25, 0.3) is 0 Å². The van der Waals surface area contributed by atoms with Crippen molar-refractivity contribution < 1.29 is 0 Å². The van der Waals surface area contributed by atoms with E-state index in [1.54, 1.807) is 0 Å². The zero-order valence-corrected chi connectivity index (χ0v) is 10.3. The molecule has 0 aliphatic heterocycles. The van der Waals surface area contributed by atoms with Gasteiger partial charge in [0.15, 0.2) is 0 Å². The van der Waals surface area contributed by atoms with Gasteiger partial charge in [-0.1, -0.05) is 32.1 Å². The monoisotopic (exact) mass is 210 g/mol. The Balaban J connectivity index is 3.93. The zero-order chi connectivity index (χ0) is 11.7. The first-order valence-electron chi connectivity index (χ1n) is 5.91. The average Bonchev–Trinajstić information content (AvgIpc) is 2.16. The van der Waals surface area contributed by atoms with Gasteiger partial charge in [0.05, 0.1) is 0 Å². The van der Waals surface area contributed by atoms with Gasteiger partial charge in [0.25, 0.3) is 0 Å². The summed E-state index contributed by atoms with van der Waals surface area (Å²) in [6, 6.07) is 0.371. The molecule has 0 bridgehead atoms. The number of hydrogen-bond donors (Lipinski definition) is 2. The van der Waals surface area contributed by atoms with Crippen molar-refractivity contribution in [2.45, 2.75) is 52.0 Å². The Labute approximate surface area is 94.6 Å². The molecule has 0 radical (unpaired) electrons. The van der Waals surface area contributed by atoms with Crippen molar-refractivity contribution in [2.75, 3.05) is 6.54 Å². The smallest absolute Gasteiger partial charge is 0.0465 e. The molecule has 0 aromatic carbocycles. The van der Waals surface area contributed by atoms with Crippen molar-refractivity contribution >= 4 is 0 Å². The van der Waals surface area contributed by atoms with E-state index in [2.05, 4.69) is 32.3 Å². The standard InChI is InChI=1S/C13H26N2/c1-5-8-12(4)15-13(11(2)3)9-6-7-10-14/h13,15H,2,4-10,14H2,1,3H3/t13-/m0/s1. The normalized spacial score (nSPS) is 12.2. The number of unbranched alkanes of at least 4 members (excludes halogenated alkanes) is 1. The van der Waals surface area contributed by atoms with E-state index in [1.165, 1.54) is 5.57 Å². The van der Waals surface area contributed by atoms with Gasteiger partial charge in [-0.3, -0.25) is 0 Å². The molecular formula is C13H26N2. The summed E-state index contributed by atoms with van der Waals surface area (Å²) < 4.78 is 0. The van der Waals surface area contributed by atoms with Crippen molar-refractivity contribution in [3.05, 3.63) is 24.4 Å². The molecule has 3 N–H and O–H groups in total. The van der Waals surface area contributed by atoms with Gasteiger partial charge in [0.1, 0.15) is 0 Å². The molecule has 0 rings (SSSR count). The Bertz CT molecular complexity index is 197. The first-order chi connectivity index (χ1) is 7.11. The number of nitrogens with two attached hydrogens (primary N) is 1. The lowest BCUT2D eigenvalue weighted by Gasteiger charge is -2.21. The van der Waals surface area contributed by atoms with E-state index in [9.17, 15) is 0 Å².